The molecule has 2 heteroatoms. The van der Waals surface area contributed by atoms with E-state index < -0.39 is 0 Å². The van der Waals surface area contributed by atoms with Crippen molar-refractivity contribution in [2.45, 2.75) is 40.5 Å². The Morgan fingerprint density at radius 2 is 1.73 bits per heavy atom. The average Bonchev–Trinajstić information content (AvgIpc) is 2.15. The van der Waals surface area contributed by atoms with Crippen molar-refractivity contribution >= 4 is 5.91 Å². The third-order valence-corrected chi connectivity index (χ3v) is 3.37. The predicted molar refractivity (Wildman–Crippen MR) is 63.6 cm³/mol. The molecule has 0 aromatic carbocycles. The molecule has 86 valence electrons. The molecule has 15 heavy (non-hydrogen) atoms. The number of likely N-dealkylation sites (tertiary alicyclic amines) is 1. The molecule has 0 aliphatic carbocycles. The molecule has 0 saturated carbocycles. The van der Waals surface area contributed by atoms with Crippen LogP contribution in [0.3, 0.4) is 0 Å². The van der Waals surface area contributed by atoms with Crippen molar-refractivity contribution in [3.05, 3.63) is 12.2 Å². The number of piperidine rings is 1. The van der Waals surface area contributed by atoms with Gasteiger partial charge in [-0.25, -0.2) is 0 Å². The predicted octanol–water partition coefficient (Wildman–Crippen LogP) is 2.85. The summed E-state index contributed by atoms with van der Waals surface area (Å²) >= 11 is 0. The van der Waals surface area contributed by atoms with Gasteiger partial charge in [0.2, 0.25) is 5.91 Å². The van der Waals surface area contributed by atoms with Gasteiger partial charge in [0.05, 0.1) is 0 Å². The molecule has 1 aliphatic rings. The molecule has 1 amide bonds. The second-order valence-corrected chi connectivity index (χ2v) is 5.71. The minimum absolute atomic E-state index is 0.127. The van der Waals surface area contributed by atoms with E-state index >= 15 is 0 Å². The number of hydrogen-bond acceptors (Lipinski definition) is 1. The van der Waals surface area contributed by atoms with Crippen LogP contribution in [0.4, 0.5) is 0 Å². The Hall–Kier alpha value is -0.790. The number of nitrogens with zero attached hydrogens (tertiary/aromatic N) is 1. The van der Waals surface area contributed by atoms with Gasteiger partial charge in [0, 0.05) is 18.7 Å². The Labute approximate surface area is 93.3 Å². The van der Waals surface area contributed by atoms with Crippen molar-refractivity contribution in [1.82, 2.24) is 4.90 Å². The number of amides is 1. The molecule has 0 atom stereocenters. The van der Waals surface area contributed by atoms with E-state index in [1.807, 2.05) is 4.90 Å². The first-order chi connectivity index (χ1) is 6.82. The molecule has 0 N–H and O–H groups in total. The van der Waals surface area contributed by atoms with Gasteiger partial charge < -0.3 is 4.90 Å². The fourth-order valence-electron chi connectivity index (χ4n) is 2.22. The van der Waals surface area contributed by atoms with Gasteiger partial charge in [-0.05, 0) is 31.1 Å². The third kappa shape index (κ3) is 3.08. The lowest BCUT2D eigenvalue weighted by Gasteiger charge is -2.38. The molecule has 0 unspecified atom stereocenters. The van der Waals surface area contributed by atoms with E-state index in [0.717, 1.165) is 31.8 Å². The number of rotatable bonds is 1. The van der Waals surface area contributed by atoms with E-state index in [9.17, 15) is 4.79 Å². The molecule has 1 fully saturated rings. The lowest BCUT2D eigenvalue weighted by Crippen LogP contribution is -2.41. The maximum Gasteiger partial charge on any atom is 0.248 e. The lowest BCUT2D eigenvalue weighted by molar-refractivity contribution is -0.128. The van der Waals surface area contributed by atoms with Crippen molar-refractivity contribution < 1.29 is 4.79 Å². The highest BCUT2D eigenvalue weighted by Crippen LogP contribution is 2.34. The zero-order valence-corrected chi connectivity index (χ0v) is 10.5. The summed E-state index contributed by atoms with van der Waals surface area (Å²) in [6, 6.07) is 0. The fraction of sp³-hybridized carbons (Fsp3) is 0.769. The lowest BCUT2D eigenvalue weighted by atomic mass is 9.75. The van der Waals surface area contributed by atoms with Gasteiger partial charge in [0.1, 0.15) is 0 Å². The molecule has 0 radical (unpaired) electrons. The largest absolute Gasteiger partial charge is 0.339 e. The summed E-state index contributed by atoms with van der Waals surface area (Å²) < 4.78 is 0. The van der Waals surface area contributed by atoms with Gasteiger partial charge in [0.25, 0.3) is 0 Å². The Bertz CT molecular complexity index is 254. The maximum absolute atomic E-state index is 11.7. The van der Waals surface area contributed by atoms with Crippen molar-refractivity contribution in [2.75, 3.05) is 13.1 Å². The quantitative estimate of drug-likeness (QED) is 0.608. The molecule has 1 saturated heterocycles. The summed E-state index contributed by atoms with van der Waals surface area (Å²) in [5.41, 5.74) is 1.03. The topological polar surface area (TPSA) is 20.3 Å². The normalized spacial score (nSPS) is 19.1. The number of carbonyl (C=O) groups excluding carboxylic acids is 1. The van der Waals surface area contributed by atoms with Crippen molar-refractivity contribution in [3.63, 3.8) is 0 Å². The van der Waals surface area contributed by atoms with Crippen LogP contribution in [0.5, 0.6) is 0 Å². The van der Waals surface area contributed by atoms with E-state index in [-0.39, 0.29) is 5.91 Å². The second kappa shape index (κ2) is 4.38. The van der Waals surface area contributed by atoms with Gasteiger partial charge in [0.15, 0.2) is 0 Å². The van der Waals surface area contributed by atoms with Crippen LogP contribution >= 0.6 is 0 Å². The number of hydrogen-bond donors (Lipinski definition) is 0. The monoisotopic (exact) mass is 209 g/mol. The van der Waals surface area contributed by atoms with Gasteiger partial charge >= 0.3 is 0 Å². The SMILES string of the molecule is C=C(C)C(=O)N1CCC(C(C)(C)C)CC1. The summed E-state index contributed by atoms with van der Waals surface area (Å²) in [5.74, 6) is 0.869. The van der Waals surface area contributed by atoms with Crippen LogP contribution in [0.2, 0.25) is 0 Å². The fourth-order valence-corrected chi connectivity index (χ4v) is 2.22. The van der Waals surface area contributed by atoms with Crippen LogP contribution in [0.15, 0.2) is 12.2 Å². The standard InChI is InChI=1S/C13H23NO/c1-10(2)12(15)14-8-6-11(7-9-14)13(3,4)5/h11H,1,6-9H2,2-5H3. The molecular weight excluding hydrogens is 186 g/mol. The van der Waals surface area contributed by atoms with E-state index in [1.165, 1.54) is 0 Å². The van der Waals surface area contributed by atoms with Gasteiger partial charge in [-0.15, -0.1) is 0 Å². The smallest absolute Gasteiger partial charge is 0.248 e. The van der Waals surface area contributed by atoms with Gasteiger partial charge in [-0.2, -0.15) is 0 Å². The molecule has 0 spiro atoms. The van der Waals surface area contributed by atoms with Crippen LogP contribution in [-0.2, 0) is 4.79 Å². The van der Waals surface area contributed by atoms with E-state index in [0.29, 0.717) is 11.0 Å². The highest BCUT2D eigenvalue weighted by Gasteiger charge is 2.30. The first-order valence-corrected chi connectivity index (χ1v) is 5.77. The maximum atomic E-state index is 11.7. The highest BCUT2D eigenvalue weighted by atomic mass is 16.2. The van der Waals surface area contributed by atoms with E-state index in [1.54, 1.807) is 6.92 Å². The molecule has 0 aromatic heterocycles. The minimum Gasteiger partial charge on any atom is -0.339 e. The number of carbonyl (C=O) groups is 1. The summed E-state index contributed by atoms with van der Waals surface area (Å²) in [7, 11) is 0. The molecule has 2 nitrogen and oxygen atoms in total. The molecular formula is C13H23NO. The first-order valence-electron chi connectivity index (χ1n) is 5.77. The van der Waals surface area contributed by atoms with Gasteiger partial charge in [-0.1, -0.05) is 27.4 Å². The second-order valence-electron chi connectivity index (χ2n) is 5.71. The highest BCUT2D eigenvalue weighted by molar-refractivity contribution is 5.92. The molecule has 0 bridgehead atoms. The summed E-state index contributed by atoms with van der Waals surface area (Å²) in [6.07, 6.45) is 2.26. The van der Waals surface area contributed by atoms with Crippen molar-refractivity contribution in [2.24, 2.45) is 11.3 Å². The zero-order chi connectivity index (χ0) is 11.6. The average molecular weight is 209 g/mol. The van der Waals surface area contributed by atoms with Gasteiger partial charge in [-0.3, -0.25) is 4.79 Å². The molecule has 1 rings (SSSR count). The molecule has 1 aliphatic heterocycles. The Morgan fingerprint density at radius 1 is 1.27 bits per heavy atom. The van der Waals surface area contributed by atoms with Crippen LogP contribution in [-0.4, -0.2) is 23.9 Å². The van der Waals surface area contributed by atoms with Crippen molar-refractivity contribution in [3.8, 4) is 0 Å². The zero-order valence-electron chi connectivity index (χ0n) is 10.5. The minimum atomic E-state index is 0.127. The van der Waals surface area contributed by atoms with E-state index in [4.69, 9.17) is 0 Å². The summed E-state index contributed by atoms with van der Waals surface area (Å²) in [4.78, 5) is 13.6. The Morgan fingerprint density at radius 3 is 2.07 bits per heavy atom. The van der Waals surface area contributed by atoms with E-state index in [2.05, 4.69) is 27.4 Å². The van der Waals surface area contributed by atoms with Crippen LogP contribution in [0.25, 0.3) is 0 Å². The van der Waals surface area contributed by atoms with Crippen LogP contribution in [0, 0.1) is 11.3 Å². The summed E-state index contributed by atoms with van der Waals surface area (Å²) in [5, 5.41) is 0. The molecule has 1 heterocycles. The molecule has 0 aromatic rings. The Kier molecular flexibility index (Phi) is 3.58. The Balaban J connectivity index is 2.50. The van der Waals surface area contributed by atoms with Crippen LogP contribution < -0.4 is 0 Å². The summed E-state index contributed by atoms with van der Waals surface area (Å²) in [6.45, 7) is 14.1. The first kappa shape index (κ1) is 12.3. The van der Waals surface area contributed by atoms with Crippen LogP contribution in [0.1, 0.15) is 40.5 Å². The van der Waals surface area contributed by atoms with Crippen molar-refractivity contribution in [1.29, 1.82) is 0 Å². The third-order valence-electron chi connectivity index (χ3n) is 3.37.